The van der Waals surface area contributed by atoms with Gasteiger partial charge in [0.05, 0.1) is 18.8 Å². The van der Waals surface area contributed by atoms with Crippen molar-refractivity contribution in [3.63, 3.8) is 0 Å². The van der Waals surface area contributed by atoms with Crippen molar-refractivity contribution in [1.29, 1.82) is 0 Å². The van der Waals surface area contributed by atoms with Gasteiger partial charge in [-0.15, -0.1) is 0 Å². The summed E-state index contributed by atoms with van der Waals surface area (Å²) in [6, 6.07) is 0. The zero-order valence-corrected chi connectivity index (χ0v) is 10.9. The number of rotatable bonds is 6. The van der Waals surface area contributed by atoms with Crippen LogP contribution in [-0.4, -0.2) is 55.7 Å². The molecule has 0 aromatic rings. The van der Waals surface area contributed by atoms with Gasteiger partial charge in [-0.3, -0.25) is 9.69 Å². The molecule has 0 saturated carbocycles. The van der Waals surface area contributed by atoms with E-state index in [0.29, 0.717) is 12.2 Å². The van der Waals surface area contributed by atoms with Crippen LogP contribution in [0.3, 0.4) is 0 Å². The van der Waals surface area contributed by atoms with Crippen LogP contribution in [0.4, 0.5) is 0 Å². The summed E-state index contributed by atoms with van der Waals surface area (Å²) in [5.41, 5.74) is 5.20. The van der Waals surface area contributed by atoms with Crippen molar-refractivity contribution in [3.8, 4) is 0 Å². The first-order valence-corrected chi connectivity index (χ1v) is 6.46. The van der Waals surface area contributed by atoms with Gasteiger partial charge in [0.1, 0.15) is 0 Å². The van der Waals surface area contributed by atoms with E-state index in [4.69, 9.17) is 10.5 Å². The highest BCUT2D eigenvalue weighted by molar-refractivity contribution is 5.77. The Morgan fingerprint density at radius 2 is 2.00 bits per heavy atom. The second-order valence-corrected chi connectivity index (χ2v) is 4.78. The first-order valence-electron chi connectivity index (χ1n) is 6.46. The molecule has 1 aliphatic heterocycles. The van der Waals surface area contributed by atoms with E-state index < -0.39 is 0 Å². The van der Waals surface area contributed by atoms with Gasteiger partial charge < -0.3 is 15.8 Å². The number of carbonyl (C=O) groups is 1. The minimum absolute atomic E-state index is 0.0707. The maximum atomic E-state index is 10.9. The molecule has 0 aromatic carbocycles. The molecule has 0 bridgehead atoms. The Morgan fingerprint density at radius 1 is 1.35 bits per heavy atom. The van der Waals surface area contributed by atoms with Gasteiger partial charge in [-0.05, 0) is 33.2 Å². The number of nitrogens with one attached hydrogen (secondary N) is 1. The van der Waals surface area contributed by atoms with Crippen LogP contribution >= 0.6 is 0 Å². The van der Waals surface area contributed by atoms with E-state index in [1.807, 2.05) is 0 Å². The van der Waals surface area contributed by atoms with Crippen LogP contribution in [0, 0.1) is 0 Å². The molecule has 1 amide bonds. The minimum Gasteiger partial charge on any atom is -0.373 e. The van der Waals surface area contributed by atoms with Crippen molar-refractivity contribution in [2.24, 2.45) is 5.73 Å². The van der Waals surface area contributed by atoms with Gasteiger partial charge in [-0.25, -0.2) is 0 Å². The molecule has 0 aliphatic carbocycles. The smallest absolute Gasteiger partial charge is 0.233 e. The maximum Gasteiger partial charge on any atom is 0.233 e. The summed E-state index contributed by atoms with van der Waals surface area (Å²) in [6.07, 6.45) is 2.77. The molecule has 1 rings (SSSR count). The topological polar surface area (TPSA) is 67.6 Å². The number of amides is 1. The largest absolute Gasteiger partial charge is 0.373 e. The molecule has 1 aliphatic rings. The lowest BCUT2D eigenvalue weighted by atomic mass is 10.2. The van der Waals surface area contributed by atoms with Crippen LogP contribution in [-0.2, 0) is 9.53 Å². The molecule has 5 heteroatoms. The third-order valence-electron chi connectivity index (χ3n) is 2.90. The van der Waals surface area contributed by atoms with Crippen LogP contribution in [0.25, 0.3) is 0 Å². The number of morpholine rings is 1. The number of hydrogen-bond acceptors (Lipinski definition) is 4. The van der Waals surface area contributed by atoms with E-state index in [2.05, 4.69) is 24.1 Å². The van der Waals surface area contributed by atoms with Gasteiger partial charge in [-0.1, -0.05) is 0 Å². The van der Waals surface area contributed by atoms with Crippen molar-refractivity contribution in [2.75, 3.05) is 32.7 Å². The molecule has 1 saturated heterocycles. The molecule has 100 valence electrons. The minimum atomic E-state index is -0.0707. The number of ether oxygens (including phenoxy) is 1. The summed E-state index contributed by atoms with van der Waals surface area (Å²) in [6.45, 7) is 8.15. The second kappa shape index (κ2) is 7.63. The van der Waals surface area contributed by atoms with Gasteiger partial charge >= 0.3 is 0 Å². The quantitative estimate of drug-likeness (QED) is 0.642. The van der Waals surface area contributed by atoms with E-state index >= 15 is 0 Å². The summed E-state index contributed by atoms with van der Waals surface area (Å²) in [7, 11) is 0. The average molecular weight is 243 g/mol. The lowest BCUT2D eigenvalue weighted by Crippen LogP contribution is -2.45. The number of unbranched alkanes of at least 4 members (excludes halogenated alkanes) is 1. The van der Waals surface area contributed by atoms with E-state index in [0.717, 1.165) is 39.0 Å². The van der Waals surface area contributed by atoms with E-state index in [9.17, 15) is 4.79 Å². The lowest BCUT2D eigenvalue weighted by molar-refractivity contribution is -0.119. The number of nitrogens with two attached hydrogens (primary N) is 1. The first-order chi connectivity index (χ1) is 8.11. The molecular weight excluding hydrogens is 218 g/mol. The molecule has 0 aromatic heterocycles. The first kappa shape index (κ1) is 14.4. The third-order valence-corrected chi connectivity index (χ3v) is 2.90. The van der Waals surface area contributed by atoms with Crippen molar-refractivity contribution in [3.05, 3.63) is 0 Å². The molecule has 2 atom stereocenters. The molecule has 17 heavy (non-hydrogen) atoms. The van der Waals surface area contributed by atoms with Gasteiger partial charge in [-0.2, -0.15) is 0 Å². The zero-order chi connectivity index (χ0) is 12.7. The third kappa shape index (κ3) is 6.00. The van der Waals surface area contributed by atoms with Crippen molar-refractivity contribution in [1.82, 2.24) is 10.2 Å². The zero-order valence-electron chi connectivity index (χ0n) is 10.9. The molecule has 3 N–H and O–H groups in total. The van der Waals surface area contributed by atoms with Crippen LogP contribution in [0.2, 0.25) is 0 Å². The molecule has 0 radical (unpaired) electrons. The Bertz CT molecular complexity index is 226. The van der Waals surface area contributed by atoms with Gasteiger partial charge in [0.25, 0.3) is 0 Å². The molecule has 2 unspecified atom stereocenters. The highest BCUT2D eigenvalue weighted by Gasteiger charge is 2.21. The van der Waals surface area contributed by atoms with Crippen LogP contribution in [0.5, 0.6) is 0 Å². The number of nitrogens with zero attached hydrogens (tertiary/aromatic N) is 1. The molecule has 1 fully saturated rings. The normalized spacial score (nSPS) is 25.8. The van der Waals surface area contributed by atoms with E-state index in [1.165, 1.54) is 0 Å². The van der Waals surface area contributed by atoms with Crippen molar-refractivity contribution >= 4 is 5.91 Å². The van der Waals surface area contributed by atoms with E-state index in [1.54, 1.807) is 0 Å². The highest BCUT2D eigenvalue weighted by Crippen LogP contribution is 2.10. The summed E-state index contributed by atoms with van der Waals surface area (Å²) < 4.78 is 5.68. The summed E-state index contributed by atoms with van der Waals surface area (Å²) in [5, 5.41) is 2.78. The van der Waals surface area contributed by atoms with Crippen molar-refractivity contribution in [2.45, 2.75) is 38.9 Å². The number of carbonyl (C=O) groups excluding carboxylic acids is 1. The summed E-state index contributed by atoms with van der Waals surface area (Å²) >= 11 is 0. The lowest BCUT2D eigenvalue weighted by Gasteiger charge is -2.35. The fraction of sp³-hybridized carbons (Fsp3) is 0.917. The molecule has 0 spiro atoms. The Balaban J connectivity index is 2.04. The van der Waals surface area contributed by atoms with Gasteiger partial charge in [0.15, 0.2) is 0 Å². The summed E-state index contributed by atoms with van der Waals surface area (Å²) in [5.74, 6) is -0.0707. The monoisotopic (exact) mass is 243 g/mol. The average Bonchev–Trinajstić information content (AvgIpc) is 2.27. The van der Waals surface area contributed by atoms with Gasteiger partial charge in [0.2, 0.25) is 5.91 Å². The SMILES string of the molecule is CC1CN(CCCCNC(=O)CN)CC(C)O1. The number of hydrogen-bond donors (Lipinski definition) is 2. The fourth-order valence-corrected chi connectivity index (χ4v) is 2.23. The predicted molar refractivity (Wildman–Crippen MR) is 67.7 cm³/mol. The predicted octanol–water partition coefficient (Wildman–Crippen LogP) is -0.0493. The molecule has 1 heterocycles. The molecule has 5 nitrogen and oxygen atoms in total. The Hall–Kier alpha value is -0.650. The van der Waals surface area contributed by atoms with Crippen LogP contribution in [0.1, 0.15) is 26.7 Å². The van der Waals surface area contributed by atoms with Crippen molar-refractivity contribution < 1.29 is 9.53 Å². The van der Waals surface area contributed by atoms with Gasteiger partial charge in [0, 0.05) is 19.6 Å². The Kier molecular flexibility index (Phi) is 6.47. The Morgan fingerprint density at radius 3 is 2.59 bits per heavy atom. The van der Waals surface area contributed by atoms with Crippen LogP contribution in [0.15, 0.2) is 0 Å². The fourth-order valence-electron chi connectivity index (χ4n) is 2.23. The standard InChI is InChI=1S/C12H25N3O2/c1-10-8-15(9-11(2)17-10)6-4-3-5-14-12(16)7-13/h10-11H,3-9,13H2,1-2H3,(H,14,16). The maximum absolute atomic E-state index is 10.9. The summed E-state index contributed by atoms with van der Waals surface area (Å²) in [4.78, 5) is 13.3. The molecular formula is C12H25N3O2. The second-order valence-electron chi connectivity index (χ2n) is 4.78. The van der Waals surface area contributed by atoms with E-state index in [-0.39, 0.29) is 12.5 Å². The van der Waals surface area contributed by atoms with Crippen LogP contribution < -0.4 is 11.1 Å². The highest BCUT2D eigenvalue weighted by atomic mass is 16.5. The Labute approximate surface area is 104 Å².